The smallest absolute Gasteiger partial charge is 0.485 e. The maximum atomic E-state index is 10.7. The van der Waals surface area contributed by atoms with Gasteiger partial charge in [-0.3, -0.25) is 0 Å². The van der Waals surface area contributed by atoms with Crippen molar-refractivity contribution in [3.63, 3.8) is 0 Å². The number of hydrogen-bond acceptors (Lipinski definition) is 4. The van der Waals surface area contributed by atoms with Crippen LogP contribution in [-0.2, 0) is 21.0 Å². The number of alkyl halides is 3. The van der Waals surface area contributed by atoms with Gasteiger partial charge in [0.05, 0.1) is 5.56 Å². The molecule has 0 saturated carbocycles. The molecule has 1 aromatic carbocycles. The molecule has 0 heterocycles. The minimum absolute atomic E-state index is 0.207. The van der Waals surface area contributed by atoms with E-state index in [1.807, 2.05) is 12.1 Å². The van der Waals surface area contributed by atoms with E-state index in [0.717, 1.165) is 0 Å². The van der Waals surface area contributed by atoms with E-state index < -0.39 is 21.6 Å². The third-order valence-electron chi connectivity index (χ3n) is 1.86. The van der Waals surface area contributed by atoms with Crippen molar-refractivity contribution < 1.29 is 36.0 Å². The van der Waals surface area contributed by atoms with E-state index in [-0.39, 0.29) is 10.9 Å². The zero-order valence-corrected chi connectivity index (χ0v) is 12.0. The Hall–Kier alpha value is -1.26. The number of rotatable bonds is 2. The fourth-order valence-electron chi connectivity index (χ4n) is 0.870. The van der Waals surface area contributed by atoms with Crippen molar-refractivity contribution in [1.29, 1.82) is 0 Å². The summed E-state index contributed by atoms with van der Waals surface area (Å²) in [7, 11) is -5.88. The van der Waals surface area contributed by atoms with Gasteiger partial charge in [0.2, 0.25) is 0 Å². The van der Waals surface area contributed by atoms with Crippen LogP contribution >= 0.6 is 0 Å². The van der Waals surface area contributed by atoms with Crippen molar-refractivity contribution in [2.75, 3.05) is 12.5 Å². The maximum Gasteiger partial charge on any atom is 0.485 e. The Morgan fingerprint density at radius 2 is 1.55 bits per heavy atom. The van der Waals surface area contributed by atoms with Crippen molar-refractivity contribution >= 4 is 27.0 Å². The Balaban J connectivity index is 0.000000396. The van der Waals surface area contributed by atoms with Gasteiger partial charge in [-0.2, -0.15) is 13.2 Å². The first kappa shape index (κ1) is 18.7. The van der Waals surface area contributed by atoms with Gasteiger partial charge in [0.25, 0.3) is 0 Å². The monoisotopic (exact) mass is 332 g/mol. The normalized spacial score (nSPS) is 11.8. The van der Waals surface area contributed by atoms with Gasteiger partial charge in [0, 0.05) is 10.9 Å². The lowest BCUT2D eigenvalue weighted by atomic mass is 10.2. The molecule has 0 aliphatic rings. The molecular weight excluding hydrogens is 321 g/mol. The molecule has 5 nitrogen and oxygen atoms in total. The lowest BCUT2D eigenvalue weighted by Gasteiger charge is -2.08. The van der Waals surface area contributed by atoms with Crippen molar-refractivity contribution in [3.8, 4) is 0 Å². The van der Waals surface area contributed by atoms with E-state index in [0.29, 0.717) is 5.56 Å². The first-order chi connectivity index (χ1) is 8.86. The topological polar surface area (TPSA) is 94.5 Å². The fourth-order valence-corrected chi connectivity index (χ4v) is 1.55. The average Bonchev–Trinajstić information content (AvgIpc) is 2.27. The molecule has 10 heteroatoms. The molecule has 0 fully saturated rings. The van der Waals surface area contributed by atoms with Crippen LogP contribution in [0.2, 0.25) is 0 Å². The molecule has 114 valence electrons. The minimum atomic E-state index is -6.09. The van der Waals surface area contributed by atoms with Crippen LogP contribution in [0, 0.1) is 0 Å². The Morgan fingerprint density at radius 1 is 1.20 bits per heavy atom. The van der Waals surface area contributed by atoms with E-state index in [2.05, 4.69) is 12.5 Å². The van der Waals surface area contributed by atoms with Crippen LogP contribution in [0.25, 0.3) is 0 Å². The average molecular weight is 332 g/mol. The molecule has 0 spiro atoms. The van der Waals surface area contributed by atoms with E-state index in [1.165, 1.54) is 4.90 Å². The van der Waals surface area contributed by atoms with Crippen molar-refractivity contribution in [2.45, 2.75) is 10.4 Å². The Labute approximate surface area is 116 Å². The first-order valence-electron chi connectivity index (χ1n) is 4.79. The SMILES string of the molecule is C[S+](C)c1ccc(C(=O)O)cc1.O=S(=O)([O-])C(F)(F)F. The number of carboxylic acid groups (broad SMARTS) is 1. The van der Waals surface area contributed by atoms with Gasteiger partial charge in [-0.15, -0.1) is 0 Å². The van der Waals surface area contributed by atoms with Gasteiger partial charge >= 0.3 is 11.5 Å². The highest BCUT2D eigenvalue weighted by Crippen LogP contribution is 2.20. The van der Waals surface area contributed by atoms with Crippen LogP contribution in [0.3, 0.4) is 0 Å². The fraction of sp³-hybridized carbons (Fsp3) is 0.300. The zero-order chi connectivity index (χ0) is 16.1. The van der Waals surface area contributed by atoms with Gasteiger partial charge in [-0.25, -0.2) is 13.2 Å². The second kappa shape index (κ2) is 6.95. The molecule has 0 radical (unpaired) electrons. The van der Waals surface area contributed by atoms with E-state index in [9.17, 15) is 18.0 Å². The number of hydrogen-bond donors (Lipinski definition) is 1. The maximum absolute atomic E-state index is 10.7. The third-order valence-corrected chi connectivity index (χ3v) is 3.64. The Bertz CT molecular complexity index is 549. The summed E-state index contributed by atoms with van der Waals surface area (Å²) in [5, 5.41) is 8.62. The zero-order valence-electron chi connectivity index (χ0n) is 10.3. The van der Waals surface area contributed by atoms with E-state index >= 15 is 0 Å². The standard InChI is InChI=1S/C9H10O2S.CHF3O3S/c1-12(2)8-5-3-7(4-6-8)9(10)11;2-1(3,4)8(5,6)7/h3-6H,1-2H3;(H,5,6,7). The molecule has 0 aromatic heterocycles. The second-order valence-corrected chi connectivity index (χ2v) is 7.02. The predicted octanol–water partition coefficient (Wildman–Crippen LogP) is 1.67. The van der Waals surface area contributed by atoms with Crippen LogP contribution in [0.1, 0.15) is 10.4 Å². The van der Waals surface area contributed by atoms with Gasteiger partial charge in [0.1, 0.15) is 12.5 Å². The first-order valence-corrected chi connectivity index (χ1v) is 8.24. The molecule has 0 atom stereocenters. The van der Waals surface area contributed by atoms with Crippen molar-refractivity contribution in [3.05, 3.63) is 29.8 Å². The number of aromatic carboxylic acids is 1. The van der Waals surface area contributed by atoms with Crippen molar-refractivity contribution in [1.82, 2.24) is 0 Å². The number of halogens is 3. The molecule has 1 rings (SSSR count). The predicted molar refractivity (Wildman–Crippen MR) is 66.6 cm³/mol. The number of carboxylic acids is 1. The summed E-state index contributed by atoms with van der Waals surface area (Å²) in [6.07, 6.45) is 4.21. The van der Waals surface area contributed by atoms with Gasteiger partial charge in [0.15, 0.2) is 15.0 Å². The summed E-state index contributed by atoms with van der Waals surface area (Å²) in [6, 6.07) is 7.02. The molecule has 0 amide bonds. The van der Waals surface area contributed by atoms with Gasteiger partial charge in [-0.1, -0.05) is 0 Å². The molecule has 0 aliphatic heterocycles. The molecule has 1 aromatic rings. The van der Waals surface area contributed by atoms with Crippen molar-refractivity contribution in [2.24, 2.45) is 0 Å². The molecule has 1 N–H and O–H groups in total. The summed E-state index contributed by atoms with van der Waals surface area (Å²) in [5.41, 5.74) is -5.29. The lowest BCUT2D eigenvalue weighted by molar-refractivity contribution is -0.0517. The number of benzene rings is 1. The van der Waals surface area contributed by atoms with Gasteiger partial charge < -0.3 is 9.66 Å². The summed E-state index contributed by atoms with van der Waals surface area (Å²) in [5.74, 6) is -0.867. The van der Waals surface area contributed by atoms with Gasteiger partial charge in [-0.05, 0) is 24.3 Å². The summed E-state index contributed by atoms with van der Waals surface area (Å²) >= 11 is 0. The largest absolute Gasteiger partial charge is 0.741 e. The lowest BCUT2D eigenvalue weighted by Crippen LogP contribution is -2.21. The minimum Gasteiger partial charge on any atom is -0.741 e. The van der Waals surface area contributed by atoms with Crippen LogP contribution < -0.4 is 0 Å². The Kier molecular flexibility index (Phi) is 6.51. The quantitative estimate of drug-likeness (QED) is 0.505. The molecule has 0 saturated heterocycles. The molecule has 20 heavy (non-hydrogen) atoms. The highest BCUT2D eigenvalue weighted by Gasteiger charge is 2.36. The van der Waals surface area contributed by atoms with Crippen LogP contribution in [0.15, 0.2) is 29.2 Å². The molecule has 0 unspecified atom stereocenters. The van der Waals surface area contributed by atoms with E-state index in [1.54, 1.807) is 12.1 Å². The Morgan fingerprint density at radius 3 is 1.75 bits per heavy atom. The van der Waals surface area contributed by atoms with E-state index in [4.69, 9.17) is 18.1 Å². The molecular formula is C10H11F3O5S2. The summed E-state index contributed by atoms with van der Waals surface area (Å²) < 4.78 is 58.9. The summed E-state index contributed by atoms with van der Waals surface area (Å²) in [6.45, 7) is 0. The molecule has 0 aliphatic carbocycles. The van der Waals surface area contributed by atoms with Crippen LogP contribution in [-0.4, -0.2) is 42.1 Å². The molecule has 0 bridgehead atoms. The van der Waals surface area contributed by atoms with Crippen LogP contribution in [0.4, 0.5) is 13.2 Å². The second-order valence-electron chi connectivity index (χ2n) is 3.55. The summed E-state index contributed by atoms with van der Waals surface area (Å²) in [4.78, 5) is 11.7. The third kappa shape index (κ3) is 6.26. The highest BCUT2D eigenvalue weighted by molar-refractivity contribution is 7.95. The number of carbonyl (C=O) groups is 1. The van der Waals surface area contributed by atoms with Crippen LogP contribution in [0.5, 0.6) is 0 Å². The highest BCUT2D eigenvalue weighted by atomic mass is 32.2.